The van der Waals surface area contributed by atoms with Crippen LogP contribution < -0.4 is 10.6 Å². The topological polar surface area (TPSA) is 101 Å². The van der Waals surface area contributed by atoms with Crippen molar-refractivity contribution in [3.8, 4) is 0 Å². The van der Waals surface area contributed by atoms with Gasteiger partial charge in [-0.25, -0.2) is 4.98 Å². The summed E-state index contributed by atoms with van der Waals surface area (Å²) in [5, 5.41) is 17.5. The number of rotatable bonds is 8. The SMILES string of the molecule is CC.CCC(Nc1nc(NCc2ccccn2)c2ncn(C(C)C)c2n1)C(O)C(C)(C)C. The Labute approximate surface area is 191 Å². The average molecular weight is 442 g/mol. The van der Waals surface area contributed by atoms with Gasteiger partial charge < -0.3 is 20.3 Å². The molecule has 0 aromatic carbocycles. The van der Waals surface area contributed by atoms with Crippen LogP contribution >= 0.6 is 0 Å². The van der Waals surface area contributed by atoms with Gasteiger partial charge >= 0.3 is 0 Å². The summed E-state index contributed by atoms with van der Waals surface area (Å²) in [6, 6.07) is 5.86. The fourth-order valence-electron chi connectivity index (χ4n) is 3.33. The van der Waals surface area contributed by atoms with E-state index in [-0.39, 0.29) is 17.5 Å². The Kier molecular flexibility index (Phi) is 8.95. The van der Waals surface area contributed by atoms with Gasteiger partial charge in [-0.3, -0.25) is 4.98 Å². The van der Waals surface area contributed by atoms with E-state index in [0.717, 1.165) is 23.3 Å². The highest BCUT2D eigenvalue weighted by atomic mass is 16.3. The minimum Gasteiger partial charge on any atom is -0.390 e. The van der Waals surface area contributed by atoms with Crippen molar-refractivity contribution in [1.29, 1.82) is 0 Å². The van der Waals surface area contributed by atoms with Gasteiger partial charge in [-0.05, 0) is 37.8 Å². The fraction of sp³-hybridized carbons (Fsp3) is 0.583. The van der Waals surface area contributed by atoms with E-state index in [1.54, 1.807) is 12.5 Å². The van der Waals surface area contributed by atoms with Gasteiger partial charge in [-0.1, -0.05) is 47.6 Å². The van der Waals surface area contributed by atoms with Crippen LogP contribution in [0.1, 0.15) is 73.5 Å². The highest BCUT2D eigenvalue weighted by Crippen LogP contribution is 2.27. The standard InChI is InChI=1S/C22H33N7O.C2H6/c1-7-16(18(30)22(4,5)6)26-21-27-19(24-12-15-10-8-9-11-23-15)17-20(28-21)29(13-25-17)14(2)3;1-2/h8-11,13-14,16,18,30H,7,12H2,1-6H3,(H2,24,26,27,28);1-2H3. The summed E-state index contributed by atoms with van der Waals surface area (Å²) in [5.74, 6) is 1.12. The van der Waals surface area contributed by atoms with E-state index in [0.29, 0.717) is 18.3 Å². The van der Waals surface area contributed by atoms with E-state index in [2.05, 4.69) is 34.4 Å². The Hall–Kier alpha value is -2.74. The van der Waals surface area contributed by atoms with Crippen molar-refractivity contribution in [1.82, 2.24) is 24.5 Å². The van der Waals surface area contributed by atoms with Crippen LogP contribution in [0.15, 0.2) is 30.7 Å². The second-order valence-corrected chi connectivity index (χ2v) is 8.96. The molecule has 32 heavy (non-hydrogen) atoms. The lowest BCUT2D eigenvalue weighted by molar-refractivity contribution is 0.0451. The van der Waals surface area contributed by atoms with E-state index >= 15 is 0 Å². The lowest BCUT2D eigenvalue weighted by Gasteiger charge is -2.33. The molecule has 3 aromatic heterocycles. The first-order valence-corrected chi connectivity index (χ1v) is 11.5. The third-order valence-corrected chi connectivity index (χ3v) is 5.16. The minimum atomic E-state index is -0.540. The number of fused-ring (bicyclic) bond motifs is 1. The molecule has 8 nitrogen and oxygen atoms in total. The normalized spacial score (nSPS) is 13.4. The molecule has 0 aliphatic heterocycles. The van der Waals surface area contributed by atoms with E-state index in [4.69, 9.17) is 9.97 Å². The molecule has 0 radical (unpaired) electrons. The minimum absolute atomic E-state index is 0.165. The quantitative estimate of drug-likeness (QED) is 0.450. The Morgan fingerprint density at radius 1 is 1.09 bits per heavy atom. The number of aliphatic hydroxyl groups excluding tert-OH is 1. The van der Waals surface area contributed by atoms with Crippen LogP contribution in [0.3, 0.4) is 0 Å². The van der Waals surface area contributed by atoms with Crippen molar-refractivity contribution in [3.63, 3.8) is 0 Å². The van der Waals surface area contributed by atoms with Crippen molar-refractivity contribution in [2.75, 3.05) is 10.6 Å². The summed E-state index contributed by atoms with van der Waals surface area (Å²) in [7, 11) is 0. The van der Waals surface area contributed by atoms with Crippen molar-refractivity contribution >= 4 is 22.9 Å². The monoisotopic (exact) mass is 441 g/mol. The average Bonchev–Trinajstić information content (AvgIpc) is 3.21. The molecular weight excluding hydrogens is 402 g/mol. The lowest BCUT2D eigenvalue weighted by Crippen LogP contribution is -2.42. The number of nitrogens with zero attached hydrogens (tertiary/aromatic N) is 5. The molecule has 0 fully saturated rings. The van der Waals surface area contributed by atoms with Crippen LogP contribution in [0, 0.1) is 5.41 Å². The smallest absolute Gasteiger partial charge is 0.227 e. The third kappa shape index (κ3) is 6.16. The van der Waals surface area contributed by atoms with E-state index in [1.165, 1.54) is 0 Å². The summed E-state index contributed by atoms with van der Waals surface area (Å²) in [6.07, 6.45) is 3.77. The molecule has 2 unspecified atom stereocenters. The summed E-state index contributed by atoms with van der Waals surface area (Å²) in [4.78, 5) is 18.3. The molecule has 0 bridgehead atoms. The van der Waals surface area contributed by atoms with Gasteiger partial charge in [0.2, 0.25) is 5.95 Å². The Morgan fingerprint density at radius 2 is 1.81 bits per heavy atom. The molecule has 0 aliphatic rings. The molecule has 0 saturated carbocycles. The number of hydrogen-bond donors (Lipinski definition) is 3. The van der Waals surface area contributed by atoms with E-state index in [1.807, 2.05) is 64.3 Å². The molecule has 2 atom stereocenters. The number of pyridine rings is 1. The lowest BCUT2D eigenvalue weighted by atomic mass is 9.84. The number of anilines is 2. The van der Waals surface area contributed by atoms with Gasteiger partial charge in [-0.2, -0.15) is 9.97 Å². The molecule has 3 aromatic rings. The molecule has 8 heteroatoms. The van der Waals surface area contributed by atoms with Crippen molar-refractivity contribution in [3.05, 3.63) is 36.4 Å². The molecule has 3 rings (SSSR count). The maximum atomic E-state index is 10.8. The number of imidazole rings is 1. The Bertz CT molecular complexity index is 964. The number of aliphatic hydroxyl groups is 1. The fourth-order valence-corrected chi connectivity index (χ4v) is 3.33. The maximum absolute atomic E-state index is 10.8. The van der Waals surface area contributed by atoms with Crippen molar-refractivity contribution < 1.29 is 5.11 Å². The van der Waals surface area contributed by atoms with Gasteiger partial charge in [0.1, 0.15) is 0 Å². The van der Waals surface area contributed by atoms with Gasteiger partial charge in [0, 0.05) is 12.2 Å². The molecule has 0 aliphatic carbocycles. The first-order valence-electron chi connectivity index (χ1n) is 11.5. The summed E-state index contributed by atoms with van der Waals surface area (Å²) in [5.41, 5.74) is 2.13. The second kappa shape index (κ2) is 11.2. The highest BCUT2D eigenvalue weighted by molar-refractivity contribution is 5.84. The van der Waals surface area contributed by atoms with Gasteiger partial charge in [0.15, 0.2) is 17.0 Å². The first-order chi connectivity index (χ1) is 15.2. The predicted octanol–water partition coefficient (Wildman–Crippen LogP) is 5.04. The maximum Gasteiger partial charge on any atom is 0.227 e. The highest BCUT2D eigenvalue weighted by Gasteiger charge is 2.30. The predicted molar refractivity (Wildman–Crippen MR) is 132 cm³/mol. The molecule has 3 N–H and O–H groups in total. The van der Waals surface area contributed by atoms with Crippen LogP contribution in [0.5, 0.6) is 0 Å². The molecule has 0 saturated heterocycles. The number of hydrogen-bond acceptors (Lipinski definition) is 7. The molecule has 0 spiro atoms. The van der Waals surface area contributed by atoms with Gasteiger partial charge in [-0.15, -0.1) is 0 Å². The van der Waals surface area contributed by atoms with Crippen molar-refractivity contribution in [2.24, 2.45) is 5.41 Å². The van der Waals surface area contributed by atoms with Crippen LogP contribution in [0.2, 0.25) is 0 Å². The zero-order chi connectivity index (χ0) is 23.9. The van der Waals surface area contributed by atoms with E-state index in [9.17, 15) is 5.11 Å². The molecule has 0 amide bonds. The largest absolute Gasteiger partial charge is 0.390 e. The van der Waals surface area contributed by atoms with Gasteiger partial charge in [0.25, 0.3) is 0 Å². The second-order valence-electron chi connectivity index (χ2n) is 8.96. The molecule has 176 valence electrons. The zero-order valence-electron chi connectivity index (χ0n) is 20.7. The van der Waals surface area contributed by atoms with E-state index < -0.39 is 6.10 Å². The number of nitrogens with one attached hydrogen (secondary N) is 2. The van der Waals surface area contributed by atoms with Crippen molar-refractivity contribution in [2.45, 2.75) is 86.5 Å². The summed E-state index contributed by atoms with van der Waals surface area (Å²) in [6.45, 7) is 16.8. The van der Waals surface area contributed by atoms with Crippen LogP contribution in [-0.2, 0) is 6.54 Å². The summed E-state index contributed by atoms with van der Waals surface area (Å²) < 4.78 is 2.02. The summed E-state index contributed by atoms with van der Waals surface area (Å²) >= 11 is 0. The van der Waals surface area contributed by atoms with Crippen LogP contribution in [0.25, 0.3) is 11.2 Å². The first kappa shape index (κ1) is 25.5. The van der Waals surface area contributed by atoms with Crippen LogP contribution in [-0.4, -0.2) is 41.8 Å². The molecular formula is C24H39N7O. The Morgan fingerprint density at radius 3 is 2.38 bits per heavy atom. The zero-order valence-corrected chi connectivity index (χ0v) is 20.7. The van der Waals surface area contributed by atoms with Gasteiger partial charge in [0.05, 0.1) is 30.7 Å². The third-order valence-electron chi connectivity index (χ3n) is 5.16. The van der Waals surface area contributed by atoms with Crippen LogP contribution in [0.4, 0.5) is 11.8 Å². The Balaban J connectivity index is 0.00000176. The molecule has 3 heterocycles. The number of aromatic nitrogens is 5.